The first-order chi connectivity index (χ1) is 6.31. The van der Waals surface area contributed by atoms with E-state index >= 15 is 0 Å². The fourth-order valence-corrected chi connectivity index (χ4v) is 0.735. The summed E-state index contributed by atoms with van der Waals surface area (Å²) < 4.78 is 0. The molecule has 2 unspecified atom stereocenters. The molecule has 0 heterocycles. The van der Waals surface area contributed by atoms with Crippen LogP contribution in [0.4, 0.5) is 0 Å². The minimum atomic E-state index is -1.21. The number of hydrogen-bond acceptors (Lipinski definition) is 4. The third-order valence-corrected chi connectivity index (χ3v) is 2.27. The van der Waals surface area contributed by atoms with Crippen LogP contribution in [0.3, 0.4) is 0 Å². The second-order valence-electron chi connectivity index (χ2n) is 3.73. The van der Waals surface area contributed by atoms with Gasteiger partial charge in [0.1, 0.15) is 5.72 Å². The Morgan fingerprint density at radius 2 is 2.21 bits per heavy atom. The minimum Gasteiger partial charge on any atom is -0.373 e. The lowest BCUT2D eigenvalue weighted by molar-refractivity contribution is -0.174. The van der Waals surface area contributed by atoms with Crippen LogP contribution in [0.2, 0.25) is 0 Å². The molecule has 0 saturated heterocycles. The molecule has 0 saturated carbocycles. The molecule has 0 fully saturated rings. The summed E-state index contributed by atoms with van der Waals surface area (Å²) in [5.74, 6) is -0.575. The molecule has 0 aliphatic heterocycles. The first-order valence-corrected chi connectivity index (χ1v) is 4.67. The van der Waals surface area contributed by atoms with Crippen LogP contribution in [0, 0.1) is 5.92 Å². The topological polar surface area (TPSA) is 58.6 Å². The van der Waals surface area contributed by atoms with Crippen molar-refractivity contribution in [1.29, 1.82) is 0 Å². The standard InChI is InChI=1S/C10H19NO3/c1-6-8(4)10(5,13)11-14-9(12)7(2)3/h8,11,13H,2,6H2,1,3-5H3. The van der Waals surface area contributed by atoms with E-state index in [9.17, 15) is 9.90 Å². The molecule has 0 spiro atoms. The van der Waals surface area contributed by atoms with E-state index in [1.165, 1.54) is 0 Å². The van der Waals surface area contributed by atoms with Crippen molar-refractivity contribution in [3.63, 3.8) is 0 Å². The molecule has 0 aromatic heterocycles. The highest BCUT2D eigenvalue weighted by molar-refractivity contribution is 5.86. The van der Waals surface area contributed by atoms with Crippen molar-refractivity contribution in [2.24, 2.45) is 5.92 Å². The zero-order valence-corrected chi connectivity index (χ0v) is 9.26. The molecule has 0 aliphatic carbocycles. The number of nitrogens with one attached hydrogen (secondary N) is 1. The van der Waals surface area contributed by atoms with Crippen LogP contribution in [0.25, 0.3) is 0 Å². The van der Waals surface area contributed by atoms with Gasteiger partial charge >= 0.3 is 5.97 Å². The van der Waals surface area contributed by atoms with Crippen molar-refractivity contribution in [3.8, 4) is 0 Å². The van der Waals surface area contributed by atoms with Crippen molar-refractivity contribution in [3.05, 3.63) is 12.2 Å². The third-order valence-electron chi connectivity index (χ3n) is 2.27. The van der Waals surface area contributed by atoms with Crippen molar-refractivity contribution in [1.82, 2.24) is 5.48 Å². The van der Waals surface area contributed by atoms with E-state index in [1.807, 2.05) is 13.8 Å². The molecule has 4 heteroatoms. The maximum Gasteiger partial charge on any atom is 0.351 e. The largest absolute Gasteiger partial charge is 0.373 e. The Morgan fingerprint density at radius 3 is 2.57 bits per heavy atom. The average Bonchev–Trinajstić information content (AvgIpc) is 2.12. The number of aliphatic hydroxyl groups is 1. The van der Waals surface area contributed by atoms with Gasteiger partial charge in [0.15, 0.2) is 0 Å². The molecule has 2 atom stereocenters. The number of hydroxylamine groups is 1. The van der Waals surface area contributed by atoms with E-state index in [2.05, 4.69) is 16.9 Å². The Bertz CT molecular complexity index is 223. The lowest BCUT2D eigenvalue weighted by Crippen LogP contribution is -2.48. The van der Waals surface area contributed by atoms with Crippen LogP contribution < -0.4 is 5.48 Å². The fraction of sp³-hybridized carbons (Fsp3) is 0.700. The van der Waals surface area contributed by atoms with Crippen molar-refractivity contribution in [2.75, 3.05) is 0 Å². The van der Waals surface area contributed by atoms with E-state index in [-0.39, 0.29) is 11.5 Å². The minimum absolute atomic E-state index is 0.0135. The van der Waals surface area contributed by atoms with Crippen LogP contribution in [0.1, 0.15) is 34.1 Å². The van der Waals surface area contributed by atoms with E-state index in [0.29, 0.717) is 0 Å². The molecule has 0 bridgehead atoms. The van der Waals surface area contributed by atoms with Gasteiger partial charge in [-0.25, -0.2) is 4.79 Å². The summed E-state index contributed by atoms with van der Waals surface area (Å²) in [5, 5.41) is 9.80. The van der Waals surface area contributed by atoms with E-state index in [0.717, 1.165) is 6.42 Å². The molecule has 0 aliphatic rings. The maximum atomic E-state index is 11.0. The van der Waals surface area contributed by atoms with E-state index in [4.69, 9.17) is 0 Å². The SMILES string of the molecule is C=C(C)C(=O)ONC(C)(O)C(C)CC. The molecule has 0 rings (SSSR count). The zero-order valence-electron chi connectivity index (χ0n) is 9.26. The number of hydrogen-bond donors (Lipinski definition) is 2. The Hall–Kier alpha value is -0.870. The average molecular weight is 201 g/mol. The van der Waals surface area contributed by atoms with E-state index < -0.39 is 11.7 Å². The summed E-state index contributed by atoms with van der Waals surface area (Å²) in [6, 6.07) is 0. The molecular weight excluding hydrogens is 182 g/mol. The van der Waals surface area contributed by atoms with Gasteiger partial charge in [0.25, 0.3) is 0 Å². The summed E-state index contributed by atoms with van der Waals surface area (Å²) in [6.07, 6.45) is 0.782. The molecule has 0 radical (unpaired) electrons. The van der Waals surface area contributed by atoms with Crippen LogP contribution in [-0.4, -0.2) is 16.8 Å². The summed E-state index contributed by atoms with van der Waals surface area (Å²) in [6.45, 7) is 10.3. The number of carbonyl (C=O) groups is 1. The van der Waals surface area contributed by atoms with Gasteiger partial charge in [-0.15, -0.1) is 5.48 Å². The lowest BCUT2D eigenvalue weighted by atomic mass is 9.98. The van der Waals surface area contributed by atoms with Crippen molar-refractivity contribution in [2.45, 2.75) is 39.8 Å². The van der Waals surface area contributed by atoms with Gasteiger partial charge in [-0.1, -0.05) is 20.4 Å². The van der Waals surface area contributed by atoms with Crippen LogP contribution in [0.5, 0.6) is 0 Å². The van der Waals surface area contributed by atoms with Gasteiger partial charge in [0, 0.05) is 11.5 Å². The lowest BCUT2D eigenvalue weighted by Gasteiger charge is -2.29. The highest BCUT2D eigenvalue weighted by Gasteiger charge is 2.28. The Kier molecular flexibility index (Phi) is 4.80. The third kappa shape index (κ3) is 3.89. The first-order valence-electron chi connectivity index (χ1n) is 4.67. The monoisotopic (exact) mass is 201 g/mol. The van der Waals surface area contributed by atoms with Crippen molar-refractivity contribution >= 4 is 5.97 Å². The molecule has 2 N–H and O–H groups in total. The van der Waals surface area contributed by atoms with Crippen LogP contribution in [0.15, 0.2) is 12.2 Å². The predicted octanol–water partition coefficient (Wildman–Crippen LogP) is 1.36. The number of rotatable bonds is 5. The van der Waals surface area contributed by atoms with Gasteiger partial charge in [-0.2, -0.15) is 0 Å². The Labute approximate surface area is 84.9 Å². The molecule has 14 heavy (non-hydrogen) atoms. The zero-order chi connectivity index (χ0) is 11.4. The summed E-state index contributed by atoms with van der Waals surface area (Å²) >= 11 is 0. The van der Waals surface area contributed by atoms with Gasteiger partial charge < -0.3 is 9.94 Å². The predicted molar refractivity (Wildman–Crippen MR) is 54.1 cm³/mol. The summed E-state index contributed by atoms with van der Waals surface area (Å²) in [5.41, 5.74) is 1.42. The molecule has 0 aromatic rings. The second kappa shape index (κ2) is 5.12. The summed E-state index contributed by atoms with van der Waals surface area (Å²) in [7, 11) is 0. The molecule has 0 amide bonds. The molecular formula is C10H19NO3. The van der Waals surface area contributed by atoms with Crippen LogP contribution in [-0.2, 0) is 9.63 Å². The van der Waals surface area contributed by atoms with Gasteiger partial charge in [-0.3, -0.25) is 0 Å². The first kappa shape index (κ1) is 13.1. The summed E-state index contributed by atoms with van der Waals surface area (Å²) in [4.78, 5) is 15.7. The van der Waals surface area contributed by atoms with Gasteiger partial charge in [0.05, 0.1) is 0 Å². The fourth-order valence-electron chi connectivity index (χ4n) is 0.735. The highest BCUT2D eigenvalue weighted by Crippen LogP contribution is 2.16. The normalized spacial score (nSPS) is 16.9. The maximum absolute atomic E-state index is 11.0. The quantitative estimate of drug-likeness (QED) is 0.400. The number of carbonyl (C=O) groups excluding carboxylic acids is 1. The van der Waals surface area contributed by atoms with E-state index in [1.54, 1.807) is 13.8 Å². The smallest absolute Gasteiger partial charge is 0.351 e. The van der Waals surface area contributed by atoms with Gasteiger partial charge in [0.2, 0.25) is 0 Å². The highest BCUT2D eigenvalue weighted by atomic mass is 16.7. The Balaban J connectivity index is 4.11. The second-order valence-corrected chi connectivity index (χ2v) is 3.73. The van der Waals surface area contributed by atoms with Gasteiger partial charge in [-0.05, 0) is 20.3 Å². The molecule has 82 valence electrons. The molecule has 0 aromatic carbocycles. The van der Waals surface area contributed by atoms with Crippen molar-refractivity contribution < 1.29 is 14.7 Å². The Morgan fingerprint density at radius 1 is 1.71 bits per heavy atom. The van der Waals surface area contributed by atoms with Crippen LogP contribution >= 0.6 is 0 Å². The molecule has 4 nitrogen and oxygen atoms in total.